The second kappa shape index (κ2) is 5.67. The van der Waals surface area contributed by atoms with Gasteiger partial charge in [-0.15, -0.1) is 0 Å². The molecule has 0 aliphatic rings. The van der Waals surface area contributed by atoms with Crippen molar-refractivity contribution in [1.82, 2.24) is 5.32 Å². The van der Waals surface area contributed by atoms with Crippen LogP contribution in [0.3, 0.4) is 0 Å². The minimum atomic E-state index is -0.902. The van der Waals surface area contributed by atoms with Crippen molar-refractivity contribution < 1.29 is 9.90 Å². The molecule has 2 N–H and O–H groups in total. The Kier molecular flexibility index (Phi) is 3.97. The van der Waals surface area contributed by atoms with Crippen molar-refractivity contribution in [1.29, 1.82) is 0 Å². The maximum Gasteiger partial charge on any atom is 0.335 e. The number of hydrogen-bond donors (Lipinski definition) is 2. The SMILES string of the molecule is CNC(c1ccc(C)cc1)c1cccc(C(=O)O)c1. The molecule has 0 heterocycles. The van der Waals surface area contributed by atoms with Gasteiger partial charge in [-0.2, -0.15) is 0 Å². The van der Waals surface area contributed by atoms with Crippen molar-refractivity contribution in [2.75, 3.05) is 7.05 Å². The maximum atomic E-state index is 11.0. The molecule has 0 bridgehead atoms. The number of hydrogen-bond acceptors (Lipinski definition) is 2. The van der Waals surface area contributed by atoms with Gasteiger partial charge in [0.25, 0.3) is 0 Å². The first-order valence-electron chi connectivity index (χ1n) is 6.19. The van der Waals surface area contributed by atoms with Crippen LogP contribution in [-0.4, -0.2) is 18.1 Å². The summed E-state index contributed by atoms with van der Waals surface area (Å²) in [5.41, 5.74) is 3.59. The Balaban J connectivity index is 2.39. The molecule has 0 saturated carbocycles. The van der Waals surface area contributed by atoms with Crippen molar-refractivity contribution >= 4 is 5.97 Å². The van der Waals surface area contributed by atoms with E-state index < -0.39 is 5.97 Å². The van der Waals surface area contributed by atoms with Crippen LogP contribution in [0.25, 0.3) is 0 Å². The van der Waals surface area contributed by atoms with Crippen molar-refractivity contribution in [3.63, 3.8) is 0 Å². The number of carboxylic acids is 1. The monoisotopic (exact) mass is 255 g/mol. The molecule has 3 heteroatoms. The molecule has 0 radical (unpaired) electrons. The topological polar surface area (TPSA) is 49.3 Å². The van der Waals surface area contributed by atoms with Crippen molar-refractivity contribution in [3.8, 4) is 0 Å². The smallest absolute Gasteiger partial charge is 0.335 e. The zero-order chi connectivity index (χ0) is 13.8. The molecule has 2 rings (SSSR count). The number of benzene rings is 2. The van der Waals surface area contributed by atoms with Gasteiger partial charge in [0.1, 0.15) is 0 Å². The van der Waals surface area contributed by atoms with Gasteiger partial charge in [-0.05, 0) is 37.2 Å². The Morgan fingerprint density at radius 3 is 2.37 bits per heavy atom. The van der Waals surface area contributed by atoms with Crippen LogP contribution in [0.5, 0.6) is 0 Å². The van der Waals surface area contributed by atoms with Crippen molar-refractivity contribution in [2.24, 2.45) is 0 Å². The highest BCUT2D eigenvalue weighted by atomic mass is 16.4. The minimum absolute atomic E-state index is 0.0000926. The zero-order valence-corrected chi connectivity index (χ0v) is 11.1. The van der Waals surface area contributed by atoms with Gasteiger partial charge < -0.3 is 10.4 Å². The third kappa shape index (κ3) is 3.01. The third-order valence-electron chi connectivity index (χ3n) is 3.17. The molecule has 2 aromatic carbocycles. The Morgan fingerprint density at radius 2 is 1.79 bits per heavy atom. The first kappa shape index (κ1) is 13.3. The largest absolute Gasteiger partial charge is 0.478 e. The fourth-order valence-corrected chi connectivity index (χ4v) is 2.14. The van der Waals surface area contributed by atoms with Crippen LogP contribution in [-0.2, 0) is 0 Å². The number of aromatic carboxylic acids is 1. The van der Waals surface area contributed by atoms with E-state index in [-0.39, 0.29) is 6.04 Å². The van der Waals surface area contributed by atoms with E-state index in [4.69, 9.17) is 5.11 Å². The summed E-state index contributed by atoms with van der Waals surface area (Å²) >= 11 is 0. The zero-order valence-electron chi connectivity index (χ0n) is 11.1. The fourth-order valence-electron chi connectivity index (χ4n) is 2.14. The van der Waals surface area contributed by atoms with E-state index in [0.29, 0.717) is 5.56 Å². The van der Waals surface area contributed by atoms with Crippen LogP contribution in [0, 0.1) is 6.92 Å². The highest BCUT2D eigenvalue weighted by Gasteiger charge is 2.13. The lowest BCUT2D eigenvalue weighted by Gasteiger charge is -2.18. The minimum Gasteiger partial charge on any atom is -0.478 e. The highest BCUT2D eigenvalue weighted by molar-refractivity contribution is 5.87. The van der Waals surface area contributed by atoms with E-state index in [1.807, 2.05) is 20.0 Å². The van der Waals surface area contributed by atoms with Gasteiger partial charge in [0.2, 0.25) is 0 Å². The summed E-state index contributed by atoms with van der Waals surface area (Å²) < 4.78 is 0. The summed E-state index contributed by atoms with van der Waals surface area (Å²) in [5.74, 6) is -0.902. The first-order chi connectivity index (χ1) is 9.11. The first-order valence-corrected chi connectivity index (χ1v) is 6.19. The molecule has 98 valence electrons. The number of rotatable bonds is 4. The van der Waals surface area contributed by atoms with Crippen LogP contribution < -0.4 is 5.32 Å². The second-order valence-corrected chi connectivity index (χ2v) is 4.56. The Hall–Kier alpha value is -2.13. The normalized spacial score (nSPS) is 12.1. The van der Waals surface area contributed by atoms with Gasteiger partial charge in [0.15, 0.2) is 0 Å². The van der Waals surface area contributed by atoms with Crippen molar-refractivity contribution in [2.45, 2.75) is 13.0 Å². The van der Waals surface area contributed by atoms with E-state index in [2.05, 4.69) is 29.6 Å². The summed E-state index contributed by atoms with van der Waals surface area (Å²) in [5, 5.41) is 12.3. The number of aryl methyl sites for hydroxylation is 1. The number of nitrogens with one attached hydrogen (secondary N) is 1. The van der Waals surface area contributed by atoms with E-state index in [0.717, 1.165) is 11.1 Å². The molecular formula is C16H17NO2. The van der Waals surface area contributed by atoms with Gasteiger partial charge >= 0.3 is 5.97 Å². The maximum absolute atomic E-state index is 11.0. The predicted molar refractivity (Wildman–Crippen MR) is 75.5 cm³/mol. The molecule has 0 fully saturated rings. The van der Waals surface area contributed by atoms with Gasteiger partial charge in [-0.3, -0.25) is 0 Å². The average molecular weight is 255 g/mol. The summed E-state index contributed by atoms with van der Waals surface area (Å²) in [6, 6.07) is 15.3. The Bertz CT molecular complexity index is 576. The van der Waals surface area contributed by atoms with E-state index in [9.17, 15) is 4.79 Å². The lowest BCUT2D eigenvalue weighted by molar-refractivity contribution is 0.0696. The second-order valence-electron chi connectivity index (χ2n) is 4.56. The molecule has 1 unspecified atom stereocenters. The molecular weight excluding hydrogens is 238 g/mol. The van der Waals surface area contributed by atoms with Crippen LogP contribution in [0.2, 0.25) is 0 Å². The van der Waals surface area contributed by atoms with Gasteiger partial charge in [0.05, 0.1) is 11.6 Å². The molecule has 0 amide bonds. The van der Waals surface area contributed by atoms with Crippen molar-refractivity contribution in [3.05, 3.63) is 70.8 Å². The molecule has 0 aliphatic heterocycles. The summed E-state index contributed by atoms with van der Waals surface area (Å²) in [6.45, 7) is 2.04. The van der Waals surface area contributed by atoms with Crippen LogP contribution in [0.15, 0.2) is 48.5 Å². The Morgan fingerprint density at radius 1 is 1.11 bits per heavy atom. The number of carbonyl (C=O) groups is 1. The van der Waals surface area contributed by atoms with Gasteiger partial charge in [0, 0.05) is 0 Å². The van der Waals surface area contributed by atoms with E-state index in [1.165, 1.54) is 5.56 Å². The molecule has 1 atom stereocenters. The van der Waals surface area contributed by atoms with Gasteiger partial charge in [-0.25, -0.2) is 4.79 Å². The molecule has 0 saturated heterocycles. The molecule has 2 aromatic rings. The van der Waals surface area contributed by atoms with E-state index >= 15 is 0 Å². The highest BCUT2D eigenvalue weighted by Crippen LogP contribution is 2.22. The van der Waals surface area contributed by atoms with E-state index in [1.54, 1.807) is 18.2 Å². The fraction of sp³-hybridized carbons (Fsp3) is 0.188. The lowest BCUT2D eigenvalue weighted by Crippen LogP contribution is -2.18. The summed E-state index contributed by atoms with van der Waals surface area (Å²) in [6.07, 6.45) is 0. The lowest BCUT2D eigenvalue weighted by atomic mass is 9.96. The average Bonchev–Trinajstić information content (AvgIpc) is 2.42. The molecule has 19 heavy (non-hydrogen) atoms. The molecule has 0 aliphatic carbocycles. The molecule has 0 aromatic heterocycles. The summed E-state index contributed by atoms with van der Waals surface area (Å²) in [4.78, 5) is 11.0. The molecule has 0 spiro atoms. The van der Waals surface area contributed by atoms with Crippen LogP contribution in [0.1, 0.15) is 33.1 Å². The van der Waals surface area contributed by atoms with Gasteiger partial charge in [-0.1, -0.05) is 42.0 Å². The molecule has 3 nitrogen and oxygen atoms in total. The van der Waals surface area contributed by atoms with Crippen LogP contribution >= 0.6 is 0 Å². The third-order valence-corrected chi connectivity index (χ3v) is 3.17. The summed E-state index contributed by atoms with van der Waals surface area (Å²) in [7, 11) is 1.87. The Labute approximate surface area is 112 Å². The quantitative estimate of drug-likeness (QED) is 0.883. The predicted octanol–water partition coefficient (Wildman–Crippen LogP) is 3.00. The standard InChI is InChI=1S/C16H17NO2/c1-11-6-8-12(9-7-11)15(17-2)13-4-3-5-14(10-13)16(18)19/h3-10,15,17H,1-2H3,(H,18,19). The van der Waals surface area contributed by atoms with Crippen LogP contribution in [0.4, 0.5) is 0 Å². The number of carboxylic acid groups (broad SMARTS) is 1.